The average Bonchev–Trinajstić information content (AvgIpc) is 2.88. The van der Waals surface area contributed by atoms with E-state index in [2.05, 4.69) is 19.8 Å². The highest BCUT2D eigenvalue weighted by molar-refractivity contribution is 7.10. The summed E-state index contributed by atoms with van der Waals surface area (Å²) in [6, 6.07) is 3.86. The summed E-state index contributed by atoms with van der Waals surface area (Å²) >= 11 is 1.38. The van der Waals surface area contributed by atoms with Gasteiger partial charge in [0.05, 0.1) is 12.8 Å². The molecule has 86 valence electrons. The van der Waals surface area contributed by atoms with Crippen LogP contribution in [-0.2, 0) is 13.1 Å². The minimum atomic E-state index is 0.757. The Hall–Kier alpha value is -1.40. The van der Waals surface area contributed by atoms with Gasteiger partial charge in [-0.05, 0) is 19.2 Å². The number of anilines is 1. The molecule has 16 heavy (non-hydrogen) atoms. The molecule has 0 fully saturated rings. The van der Waals surface area contributed by atoms with Crippen molar-refractivity contribution in [3.63, 3.8) is 0 Å². The van der Waals surface area contributed by atoms with E-state index in [0.29, 0.717) is 0 Å². The molecule has 0 bridgehead atoms. The number of nitrogens with one attached hydrogen (secondary N) is 1. The summed E-state index contributed by atoms with van der Waals surface area (Å²) in [4.78, 5) is 2.14. The molecular formula is C10H14N4OS. The highest BCUT2D eigenvalue weighted by atomic mass is 32.1. The van der Waals surface area contributed by atoms with Gasteiger partial charge in [0.2, 0.25) is 0 Å². The van der Waals surface area contributed by atoms with Gasteiger partial charge in [0.25, 0.3) is 0 Å². The van der Waals surface area contributed by atoms with Crippen LogP contribution in [0.15, 0.2) is 22.8 Å². The van der Waals surface area contributed by atoms with Gasteiger partial charge in [0.1, 0.15) is 16.5 Å². The first-order valence-corrected chi connectivity index (χ1v) is 5.77. The van der Waals surface area contributed by atoms with Gasteiger partial charge in [0, 0.05) is 25.1 Å². The van der Waals surface area contributed by atoms with Gasteiger partial charge < -0.3 is 9.73 Å². The highest BCUT2D eigenvalue weighted by Gasteiger charge is 2.10. The Morgan fingerprint density at radius 3 is 3.06 bits per heavy atom. The van der Waals surface area contributed by atoms with Crippen molar-refractivity contribution >= 4 is 16.5 Å². The highest BCUT2D eigenvalue weighted by Crippen LogP contribution is 2.18. The summed E-state index contributed by atoms with van der Waals surface area (Å²) in [5.74, 6) is 0.955. The van der Waals surface area contributed by atoms with Crippen LogP contribution in [0.5, 0.6) is 0 Å². The zero-order chi connectivity index (χ0) is 11.4. The van der Waals surface area contributed by atoms with Crippen molar-refractivity contribution in [3.8, 4) is 0 Å². The Labute approximate surface area is 98.2 Å². The normalized spacial score (nSPS) is 10.9. The SMILES string of the molecule is CNc1snnc1CN(C)Cc1ccco1. The molecule has 6 heteroatoms. The van der Waals surface area contributed by atoms with Gasteiger partial charge in [0.15, 0.2) is 0 Å². The van der Waals surface area contributed by atoms with Crippen LogP contribution in [0.3, 0.4) is 0 Å². The molecule has 0 amide bonds. The smallest absolute Gasteiger partial charge is 0.134 e. The van der Waals surface area contributed by atoms with Crippen LogP contribution in [-0.4, -0.2) is 28.6 Å². The van der Waals surface area contributed by atoms with E-state index < -0.39 is 0 Å². The molecule has 2 aromatic rings. The maximum atomic E-state index is 5.29. The van der Waals surface area contributed by atoms with Crippen LogP contribution in [0.1, 0.15) is 11.5 Å². The van der Waals surface area contributed by atoms with Crippen molar-refractivity contribution in [2.24, 2.45) is 0 Å². The van der Waals surface area contributed by atoms with E-state index in [4.69, 9.17) is 4.42 Å². The van der Waals surface area contributed by atoms with E-state index >= 15 is 0 Å². The summed E-state index contributed by atoms with van der Waals surface area (Å²) in [5.41, 5.74) is 0.974. The molecule has 2 rings (SSSR count). The first-order chi connectivity index (χ1) is 7.79. The van der Waals surface area contributed by atoms with Crippen molar-refractivity contribution < 1.29 is 4.42 Å². The molecule has 0 aliphatic carbocycles. The molecule has 0 spiro atoms. The molecule has 0 aliphatic heterocycles. The van der Waals surface area contributed by atoms with Gasteiger partial charge >= 0.3 is 0 Å². The Morgan fingerprint density at radius 1 is 1.50 bits per heavy atom. The van der Waals surface area contributed by atoms with E-state index in [0.717, 1.165) is 29.5 Å². The molecule has 0 aromatic carbocycles. The number of nitrogens with zero attached hydrogens (tertiary/aromatic N) is 3. The van der Waals surface area contributed by atoms with Crippen molar-refractivity contribution in [2.75, 3.05) is 19.4 Å². The number of furan rings is 1. The first-order valence-electron chi connectivity index (χ1n) is 4.99. The third kappa shape index (κ3) is 2.59. The second kappa shape index (κ2) is 5.09. The Bertz CT molecular complexity index is 426. The molecular weight excluding hydrogens is 224 g/mol. The second-order valence-electron chi connectivity index (χ2n) is 3.55. The quantitative estimate of drug-likeness (QED) is 0.861. The lowest BCUT2D eigenvalue weighted by Crippen LogP contribution is -2.17. The fourth-order valence-electron chi connectivity index (χ4n) is 1.48. The summed E-state index contributed by atoms with van der Waals surface area (Å²) in [7, 11) is 3.91. The van der Waals surface area contributed by atoms with Gasteiger partial charge in [-0.25, -0.2) is 0 Å². The van der Waals surface area contributed by atoms with Gasteiger partial charge in [-0.3, -0.25) is 4.90 Å². The lowest BCUT2D eigenvalue weighted by molar-refractivity contribution is 0.285. The molecule has 0 atom stereocenters. The number of rotatable bonds is 5. The number of hydrogen-bond acceptors (Lipinski definition) is 6. The maximum Gasteiger partial charge on any atom is 0.134 e. The molecule has 0 saturated heterocycles. The molecule has 5 nitrogen and oxygen atoms in total. The number of hydrogen-bond donors (Lipinski definition) is 1. The van der Waals surface area contributed by atoms with Crippen molar-refractivity contribution in [1.82, 2.24) is 14.5 Å². The summed E-state index contributed by atoms with van der Waals surface area (Å²) in [6.45, 7) is 1.53. The third-order valence-electron chi connectivity index (χ3n) is 2.21. The van der Waals surface area contributed by atoms with Crippen molar-refractivity contribution in [2.45, 2.75) is 13.1 Å². The van der Waals surface area contributed by atoms with Gasteiger partial charge in [-0.1, -0.05) is 4.49 Å². The van der Waals surface area contributed by atoms with Crippen LogP contribution < -0.4 is 5.32 Å². The maximum absolute atomic E-state index is 5.29. The first kappa shape index (κ1) is 11.1. The van der Waals surface area contributed by atoms with E-state index in [9.17, 15) is 0 Å². The minimum absolute atomic E-state index is 0.757. The van der Waals surface area contributed by atoms with E-state index in [-0.39, 0.29) is 0 Å². The zero-order valence-electron chi connectivity index (χ0n) is 9.30. The van der Waals surface area contributed by atoms with E-state index in [1.54, 1.807) is 6.26 Å². The molecule has 2 heterocycles. The average molecular weight is 238 g/mol. The molecule has 0 saturated carbocycles. The lowest BCUT2D eigenvalue weighted by atomic mass is 10.3. The summed E-state index contributed by atoms with van der Waals surface area (Å²) < 4.78 is 9.21. The predicted molar refractivity (Wildman–Crippen MR) is 63.3 cm³/mol. The Balaban J connectivity index is 1.94. The number of aromatic nitrogens is 2. The lowest BCUT2D eigenvalue weighted by Gasteiger charge is -2.13. The van der Waals surface area contributed by atoms with E-state index in [1.165, 1.54) is 11.5 Å². The second-order valence-corrected chi connectivity index (χ2v) is 4.30. The minimum Gasteiger partial charge on any atom is -0.468 e. The fraction of sp³-hybridized carbons (Fsp3) is 0.400. The van der Waals surface area contributed by atoms with Crippen LogP contribution in [0, 0.1) is 0 Å². The molecule has 1 N–H and O–H groups in total. The molecule has 0 unspecified atom stereocenters. The topological polar surface area (TPSA) is 54.2 Å². The molecule has 0 aliphatic rings. The monoisotopic (exact) mass is 238 g/mol. The third-order valence-corrected chi connectivity index (χ3v) is 2.99. The Morgan fingerprint density at radius 2 is 2.38 bits per heavy atom. The van der Waals surface area contributed by atoms with Crippen molar-refractivity contribution in [1.29, 1.82) is 0 Å². The largest absolute Gasteiger partial charge is 0.468 e. The Kier molecular flexibility index (Phi) is 3.53. The van der Waals surface area contributed by atoms with Crippen LogP contribution in [0.4, 0.5) is 5.00 Å². The van der Waals surface area contributed by atoms with Gasteiger partial charge in [-0.2, -0.15) is 0 Å². The zero-order valence-corrected chi connectivity index (χ0v) is 10.1. The van der Waals surface area contributed by atoms with Crippen LogP contribution >= 0.6 is 11.5 Å². The van der Waals surface area contributed by atoms with Crippen molar-refractivity contribution in [3.05, 3.63) is 29.9 Å². The molecule has 0 radical (unpaired) electrons. The standard InChI is InChI=1S/C10H14N4OS/c1-11-10-9(12-13-16-10)7-14(2)6-8-4-3-5-15-8/h3-5,11H,6-7H2,1-2H3. The van der Waals surface area contributed by atoms with Gasteiger partial charge in [-0.15, -0.1) is 5.10 Å². The van der Waals surface area contributed by atoms with Crippen LogP contribution in [0.2, 0.25) is 0 Å². The van der Waals surface area contributed by atoms with Crippen LogP contribution in [0.25, 0.3) is 0 Å². The summed E-state index contributed by atoms with van der Waals surface area (Å²) in [6.07, 6.45) is 1.69. The predicted octanol–water partition coefficient (Wildman–Crippen LogP) is 1.80. The summed E-state index contributed by atoms with van der Waals surface area (Å²) in [5, 5.41) is 8.19. The van der Waals surface area contributed by atoms with E-state index in [1.807, 2.05) is 26.2 Å². The fourth-order valence-corrected chi connectivity index (χ4v) is 2.01. The molecule has 2 aromatic heterocycles.